The van der Waals surface area contributed by atoms with Crippen molar-refractivity contribution >= 4 is 22.5 Å². The second-order valence-electron chi connectivity index (χ2n) is 5.09. The Labute approximate surface area is 111 Å². The predicted molar refractivity (Wildman–Crippen MR) is 75.6 cm³/mol. The molecule has 18 heavy (non-hydrogen) atoms. The second-order valence-corrected chi connectivity index (χ2v) is 5.47. The second kappa shape index (κ2) is 4.43. The number of halogens is 1. The molecule has 3 heteroatoms. The van der Waals surface area contributed by atoms with Gasteiger partial charge in [0.2, 0.25) is 0 Å². The summed E-state index contributed by atoms with van der Waals surface area (Å²) in [5.74, 6) is 0. The van der Waals surface area contributed by atoms with Crippen LogP contribution in [0, 0.1) is 6.92 Å². The van der Waals surface area contributed by atoms with Crippen LogP contribution in [0.2, 0.25) is 5.02 Å². The van der Waals surface area contributed by atoms with E-state index in [1.54, 1.807) is 0 Å². The van der Waals surface area contributed by atoms with Crippen LogP contribution in [0.1, 0.15) is 36.1 Å². The Morgan fingerprint density at radius 1 is 1.17 bits per heavy atom. The summed E-state index contributed by atoms with van der Waals surface area (Å²) in [6, 6.07) is 3.81. The van der Waals surface area contributed by atoms with Crippen molar-refractivity contribution < 1.29 is 0 Å². The van der Waals surface area contributed by atoms with Crippen molar-refractivity contribution in [2.75, 3.05) is 0 Å². The van der Waals surface area contributed by atoms with Crippen LogP contribution in [0.4, 0.5) is 0 Å². The highest BCUT2D eigenvalue weighted by Crippen LogP contribution is 2.26. The molecule has 0 bridgehead atoms. The summed E-state index contributed by atoms with van der Waals surface area (Å²) in [5, 5.41) is 1.41. The lowest BCUT2D eigenvalue weighted by molar-refractivity contribution is 0.708. The lowest BCUT2D eigenvalue weighted by Crippen LogP contribution is -2.14. The molecule has 0 amide bonds. The Morgan fingerprint density at radius 3 is 2.78 bits per heavy atom. The van der Waals surface area contributed by atoms with Gasteiger partial charge in [-0.15, -0.1) is 0 Å². The molecular weight excluding hydrogens is 246 g/mol. The zero-order valence-corrected chi connectivity index (χ0v) is 11.2. The van der Waals surface area contributed by atoms with E-state index in [0.29, 0.717) is 5.02 Å². The van der Waals surface area contributed by atoms with Crippen LogP contribution < -0.4 is 5.43 Å². The first kappa shape index (κ1) is 11.8. The topological polar surface area (TPSA) is 32.9 Å². The minimum Gasteiger partial charge on any atom is -0.357 e. The molecule has 0 radical (unpaired) electrons. The van der Waals surface area contributed by atoms with Crippen molar-refractivity contribution in [3.05, 3.63) is 44.2 Å². The predicted octanol–water partition coefficient (Wildman–Crippen LogP) is 3.76. The fraction of sp³-hybridized carbons (Fsp3) is 0.400. The average molecular weight is 262 g/mol. The van der Waals surface area contributed by atoms with Crippen LogP contribution in [0.5, 0.6) is 0 Å². The molecule has 1 aliphatic carbocycles. The Kier molecular flexibility index (Phi) is 2.90. The van der Waals surface area contributed by atoms with E-state index in [9.17, 15) is 4.79 Å². The maximum absolute atomic E-state index is 12.5. The van der Waals surface area contributed by atoms with Gasteiger partial charge in [0.25, 0.3) is 0 Å². The lowest BCUT2D eigenvalue weighted by atomic mass is 10.0. The quantitative estimate of drug-likeness (QED) is 0.720. The molecular formula is C15H16ClNO. The van der Waals surface area contributed by atoms with Crippen molar-refractivity contribution in [2.45, 2.75) is 39.0 Å². The molecule has 0 spiro atoms. The van der Waals surface area contributed by atoms with E-state index in [1.807, 2.05) is 19.1 Å². The van der Waals surface area contributed by atoms with Crippen LogP contribution in [0.15, 0.2) is 16.9 Å². The number of pyridine rings is 1. The molecule has 0 aliphatic heterocycles. The summed E-state index contributed by atoms with van der Waals surface area (Å²) in [7, 11) is 0. The Bertz CT molecular complexity index is 672. The van der Waals surface area contributed by atoms with Gasteiger partial charge in [-0.2, -0.15) is 0 Å². The number of hydrogen-bond donors (Lipinski definition) is 1. The molecule has 2 nitrogen and oxygen atoms in total. The van der Waals surface area contributed by atoms with Gasteiger partial charge in [0, 0.05) is 16.6 Å². The molecule has 0 atom stereocenters. The van der Waals surface area contributed by atoms with E-state index in [-0.39, 0.29) is 5.43 Å². The molecule has 3 rings (SSSR count). The van der Waals surface area contributed by atoms with Crippen molar-refractivity contribution in [1.82, 2.24) is 4.98 Å². The summed E-state index contributed by atoms with van der Waals surface area (Å²) in [6.45, 7) is 1.96. The maximum atomic E-state index is 12.5. The molecule has 0 saturated heterocycles. The average Bonchev–Trinajstić information content (AvgIpc) is 2.60. The number of nitrogens with one attached hydrogen (secondary N) is 1. The van der Waals surface area contributed by atoms with Crippen LogP contribution in [0.3, 0.4) is 0 Å². The van der Waals surface area contributed by atoms with Gasteiger partial charge in [-0.05, 0) is 44.2 Å². The highest BCUT2D eigenvalue weighted by molar-refractivity contribution is 6.35. The van der Waals surface area contributed by atoms with Crippen LogP contribution >= 0.6 is 11.6 Å². The molecule has 0 saturated carbocycles. The third kappa shape index (κ3) is 1.76. The smallest absolute Gasteiger partial charge is 0.192 e. The number of aromatic nitrogens is 1. The molecule has 1 aromatic carbocycles. The zero-order chi connectivity index (χ0) is 12.7. The molecule has 1 aromatic heterocycles. The van der Waals surface area contributed by atoms with E-state index in [4.69, 9.17) is 11.6 Å². The van der Waals surface area contributed by atoms with Crippen LogP contribution in [-0.2, 0) is 12.8 Å². The minimum absolute atomic E-state index is 0.169. The third-order valence-electron chi connectivity index (χ3n) is 3.85. The number of aryl methyl sites for hydroxylation is 2. The van der Waals surface area contributed by atoms with Crippen molar-refractivity contribution in [3.8, 4) is 0 Å². The number of aromatic amines is 1. The number of rotatable bonds is 0. The Morgan fingerprint density at radius 2 is 1.94 bits per heavy atom. The highest BCUT2D eigenvalue weighted by Gasteiger charge is 2.16. The van der Waals surface area contributed by atoms with Crippen LogP contribution in [0.25, 0.3) is 10.9 Å². The lowest BCUT2D eigenvalue weighted by Gasteiger charge is -2.10. The van der Waals surface area contributed by atoms with Gasteiger partial charge in [-0.25, -0.2) is 0 Å². The zero-order valence-electron chi connectivity index (χ0n) is 10.5. The van der Waals surface area contributed by atoms with E-state index >= 15 is 0 Å². The van der Waals surface area contributed by atoms with Gasteiger partial charge in [0.1, 0.15) is 0 Å². The van der Waals surface area contributed by atoms with Gasteiger partial charge in [0.15, 0.2) is 5.43 Å². The normalized spacial score (nSPS) is 15.4. The van der Waals surface area contributed by atoms with Crippen molar-refractivity contribution in [2.24, 2.45) is 0 Å². The largest absolute Gasteiger partial charge is 0.357 e. The number of hydrogen-bond acceptors (Lipinski definition) is 1. The fourth-order valence-electron chi connectivity index (χ4n) is 2.78. The van der Waals surface area contributed by atoms with Crippen LogP contribution in [-0.4, -0.2) is 4.98 Å². The van der Waals surface area contributed by atoms with Gasteiger partial charge in [-0.3, -0.25) is 4.79 Å². The number of benzene rings is 1. The van der Waals surface area contributed by atoms with E-state index < -0.39 is 0 Å². The Hall–Kier alpha value is -1.28. The summed E-state index contributed by atoms with van der Waals surface area (Å²) in [6.07, 6.45) is 5.32. The third-order valence-corrected chi connectivity index (χ3v) is 4.33. The summed E-state index contributed by atoms with van der Waals surface area (Å²) in [5.41, 5.74) is 4.05. The van der Waals surface area contributed by atoms with Gasteiger partial charge < -0.3 is 4.98 Å². The molecule has 0 fully saturated rings. The standard InChI is InChI=1S/C15H16ClNO/c1-9-7-8-11-14(13(9)16)17-12-6-4-2-3-5-10(12)15(11)18/h7-8H,2-6H2,1H3,(H,17,18). The molecule has 1 aliphatic rings. The maximum Gasteiger partial charge on any atom is 0.192 e. The summed E-state index contributed by atoms with van der Waals surface area (Å²) in [4.78, 5) is 15.9. The molecule has 0 unspecified atom stereocenters. The highest BCUT2D eigenvalue weighted by atomic mass is 35.5. The summed E-state index contributed by atoms with van der Waals surface area (Å²) < 4.78 is 0. The molecule has 2 aromatic rings. The first-order valence-electron chi connectivity index (χ1n) is 6.51. The van der Waals surface area contributed by atoms with Gasteiger partial charge in [-0.1, -0.05) is 24.1 Å². The van der Waals surface area contributed by atoms with Crippen molar-refractivity contribution in [1.29, 1.82) is 0 Å². The van der Waals surface area contributed by atoms with Crippen molar-refractivity contribution in [3.63, 3.8) is 0 Å². The first-order chi connectivity index (χ1) is 8.68. The van der Waals surface area contributed by atoms with Gasteiger partial charge >= 0.3 is 0 Å². The SMILES string of the molecule is Cc1ccc2c(=O)c3c([nH]c2c1Cl)CCCCC3. The molecule has 1 heterocycles. The first-order valence-corrected chi connectivity index (χ1v) is 6.89. The molecule has 1 N–H and O–H groups in total. The minimum atomic E-state index is 0.169. The van der Waals surface area contributed by atoms with E-state index in [1.165, 1.54) is 6.42 Å². The molecule has 94 valence electrons. The number of fused-ring (bicyclic) bond motifs is 2. The van der Waals surface area contributed by atoms with Gasteiger partial charge in [0.05, 0.1) is 10.5 Å². The summed E-state index contributed by atoms with van der Waals surface area (Å²) >= 11 is 6.31. The van der Waals surface area contributed by atoms with E-state index in [2.05, 4.69) is 4.98 Å². The monoisotopic (exact) mass is 261 g/mol. The Balaban J connectivity index is 2.38. The van der Waals surface area contributed by atoms with E-state index in [0.717, 1.165) is 53.4 Å². The fourth-order valence-corrected chi connectivity index (χ4v) is 2.99. The number of H-pyrrole nitrogens is 1.